The van der Waals surface area contributed by atoms with Crippen LogP contribution in [0.2, 0.25) is 0 Å². The Kier molecular flexibility index (Phi) is 4.82. The van der Waals surface area contributed by atoms with Gasteiger partial charge in [-0.15, -0.1) is 0 Å². The van der Waals surface area contributed by atoms with Crippen molar-refractivity contribution in [2.75, 3.05) is 11.1 Å². The molecule has 0 saturated heterocycles. The molecule has 0 aliphatic heterocycles. The van der Waals surface area contributed by atoms with Crippen LogP contribution < -0.4 is 16.4 Å². The topological polar surface area (TPSA) is 80.0 Å². The molecule has 1 aromatic rings. The molecule has 0 atom stereocenters. The zero-order valence-electron chi connectivity index (χ0n) is 12.2. The summed E-state index contributed by atoms with van der Waals surface area (Å²) in [6, 6.07) is 2.50. The van der Waals surface area contributed by atoms with E-state index in [0.29, 0.717) is 11.7 Å². The molecule has 1 aliphatic carbocycles. The van der Waals surface area contributed by atoms with Crippen LogP contribution in [0, 0.1) is 5.92 Å². The highest BCUT2D eigenvalue weighted by molar-refractivity contribution is 5.79. The minimum atomic E-state index is 0.158. The molecule has 1 heterocycles. The van der Waals surface area contributed by atoms with E-state index in [0.717, 1.165) is 31.4 Å². The summed E-state index contributed by atoms with van der Waals surface area (Å²) in [5.41, 5.74) is 7.49. The maximum Gasteiger partial charge on any atom is 0.223 e. The summed E-state index contributed by atoms with van der Waals surface area (Å²) >= 11 is 0. The van der Waals surface area contributed by atoms with Gasteiger partial charge in [-0.05, 0) is 45.6 Å². The van der Waals surface area contributed by atoms with Gasteiger partial charge in [-0.25, -0.2) is 0 Å². The zero-order chi connectivity index (χ0) is 14.5. The van der Waals surface area contributed by atoms with E-state index in [1.165, 1.54) is 0 Å². The first kappa shape index (κ1) is 14.6. The van der Waals surface area contributed by atoms with Gasteiger partial charge in [0.2, 0.25) is 5.91 Å². The highest BCUT2D eigenvalue weighted by Gasteiger charge is 2.26. The highest BCUT2D eigenvalue weighted by Crippen LogP contribution is 2.28. The molecule has 0 bridgehead atoms. The number of nitrogens with one attached hydrogen (secondary N) is 2. The number of carbonyl (C=O) groups excluding carboxylic acids is 1. The summed E-state index contributed by atoms with van der Waals surface area (Å²) in [4.78, 5) is 16.0. The van der Waals surface area contributed by atoms with Gasteiger partial charge in [-0.3, -0.25) is 9.78 Å². The number of hydrogen-bond acceptors (Lipinski definition) is 4. The number of hydrogen-bond donors (Lipinski definition) is 3. The van der Waals surface area contributed by atoms with Crippen molar-refractivity contribution in [1.29, 1.82) is 0 Å². The molecule has 1 aromatic heterocycles. The number of nitrogens with zero attached hydrogens (tertiary/aromatic N) is 1. The van der Waals surface area contributed by atoms with Crippen molar-refractivity contribution in [2.24, 2.45) is 5.92 Å². The van der Waals surface area contributed by atoms with Crippen LogP contribution >= 0.6 is 0 Å². The smallest absolute Gasteiger partial charge is 0.223 e. The molecule has 0 radical (unpaired) electrons. The Morgan fingerprint density at radius 3 is 2.65 bits per heavy atom. The average Bonchev–Trinajstić information content (AvgIpc) is 2.41. The lowest BCUT2D eigenvalue weighted by Crippen LogP contribution is -2.38. The summed E-state index contributed by atoms with van der Waals surface area (Å²) < 4.78 is 0. The minimum Gasteiger partial charge on any atom is -0.396 e. The van der Waals surface area contributed by atoms with Gasteiger partial charge in [0.25, 0.3) is 0 Å². The lowest BCUT2D eigenvalue weighted by Gasteiger charge is -2.29. The minimum absolute atomic E-state index is 0.158. The predicted octanol–water partition coefficient (Wildman–Crippen LogP) is 2.16. The molecule has 0 aromatic carbocycles. The highest BCUT2D eigenvalue weighted by atomic mass is 16.1. The molecule has 20 heavy (non-hydrogen) atoms. The number of nitrogen functional groups attached to an aromatic ring is 1. The quantitative estimate of drug-likeness (QED) is 0.787. The SMILES string of the molecule is CC(C)NC(=O)C1CCC(Nc2ccncc2N)CC1. The molecule has 1 amide bonds. The summed E-state index contributed by atoms with van der Waals surface area (Å²) in [6.07, 6.45) is 7.25. The van der Waals surface area contributed by atoms with Crippen LogP contribution in [0.15, 0.2) is 18.5 Å². The Hall–Kier alpha value is -1.78. The Bertz CT molecular complexity index is 453. The fourth-order valence-corrected chi connectivity index (χ4v) is 2.66. The van der Waals surface area contributed by atoms with Crippen LogP contribution in [0.25, 0.3) is 0 Å². The lowest BCUT2D eigenvalue weighted by molar-refractivity contribution is -0.126. The van der Waals surface area contributed by atoms with E-state index < -0.39 is 0 Å². The van der Waals surface area contributed by atoms with Crippen molar-refractivity contribution in [1.82, 2.24) is 10.3 Å². The number of carbonyl (C=O) groups is 1. The molecule has 1 saturated carbocycles. The van der Waals surface area contributed by atoms with Gasteiger partial charge in [0.05, 0.1) is 17.6 Å². The van der Waals surface area contributed by atoms with Gasteiger partial charge < -0.3 is 16.4 Å². The molecular formula is C15H24N4O. The second-order valence-electron chi connectivity index (χ2n) is 5.82. The summed E-state index contributed by atoms with van der Waals surface area (Å²) in [6.45, 7) is 3.99. The van der Waals surface area contributed by atoms with Crippen LogP contribution in [-0.4, -0.2) is 23.0 Å². The van der Waals surface area contributed by atoms with Crippen LogP contribution in [0.1, 0.15) is 39.5 Å². The van der Waals surface area contributed by atoms with E-state index in [9.17, 15) is 4.79 Å². The molecular weight excluding hydrogens is 252 g/mol. The third-order valence-electron chi connectivity index (χ3n) is 3.74. The van der Waals surface area contributed by atoms with Crippen molar-refractivity contribution in [3.8, 4) is 0 Å². The fraction of sp³-hybridized carbons (Fsp3) is 0.600. The number of pyridine rings is 1. The van der Waals surface area contributed by atoms with E-state index in [1.807, 2.05) is 19.9 Å². The Balaban J connectivity index is 1.83. The third-order valence-corrected chi connectivity index (χ3v) is 3.74. The van der Waals surface area contributed by atoms with Crippen molar-refractivity contribution >= 4 is 17.3 Å². The van der Waals surface area contributed by atoms with Gasteiger partial charge in [0.15, 0.2) is 0 Å². The molecule has 2 rings (SSSR count). The fourth-order valence-electron chi connectivity index (χ4n) is 2.66. The van der Waals surface area contributed by atoms with Gasteiger partial charge in [0, 0.05) is 24.2 Å². The second-order valence-corrected chi connectivity index (χ2v) is 5.82. The number of aromatic nitrogens is 1. The van der Waals surface area contributed by atoms with Crippen molar-refractivity contribution in [2.45, 2.75) is 51.6 Å². The van der Waals surface area contributed by atoms with Crippen LogP contribution in [0.5, 0.6) is 0 Å². The second kappa shape index (κ2) is 6.59. The number of anilines is 2. The van der Waals surface area contributed by atoms with Gasteiger partial charge >= 0.3 is 0 Å². The van der Waals surface area contributed by atoms with Crippen molar-refractivity contribution in [3.05, 3.63) is 18.5 Å². The maximum atomic E-state index is 12.0. The monoisotopic (exact) mass is 276 g/mol. The summed E-state index contributed by atoms with van der Waals surface area (Å²) in [7, 11) is 0. The van der Waals surface area contributed by atoms with E-state index in [1.54, 1.807) is 12.4 Å². The molecule has 5 heteroatoms. The first-order valence-corrected chi connectivity index (χ1v) is 7.32. The van der Waals surface area contributed by atoms with E-state index >= 15 is 0 Å². The molecule has 4 N–H and O–H groups in total. The van der Waals surface area contributed by atoms with Gasteiger partial charge in [-0.1, -0.05) is 0 Å². The summed E-state index contributed by atoms with van der Waals surface area (Å²) in [5.74, 6) is 0.354. The van der Waals surface area contributed by atoms with Crippen LogP contribution in [0.3, 0.4) is 0 Å². The van der Waals surface area contributed by atoms with E-state index in [4.69, 9.17) is 5.73 Å². The summed E-state index contributed by atoms with van der Waals surface area (Å²) in [5, 5.41) is 6.45. The van der Waals surface area contributed by atoms with Gasteiger partial charge in [0.1, 0.15) is 0 Å². The van der Waals surface area contributed by atoms with Crippen LogP contribution in [0.4, 0.5) is 11.4 Å². The number of rotatable bonds is 4. The van der Waals surface area contributed by atoms with E-state index in [2.05, 4.69) is 15.6 Å². The standard InChI is InChI=1S/C15H24N4O/c1-10(2)18-15(20)11-3-5-12(6-4-11)19-14-7-8-17-9-13(14)16/h7-12H,3-6,16H2,1-2H3,(H,17,19)(H,18,20). The maximum absolute atomic E-state index is 12.0. The Labute approximate surface area is 120 Å². The molecule has 0 spiro atoms. The number of nitrogens with two attached hydrogens (primary N) is 1. The Morgan fingerprint density at radius 1 is 1.35 bits per heavy atom. The van der Waals surface area contributed by atoms with Gasteiger partial charge in [-0.2, -0.15) is 0 Å². The normalized spacial score (nSPS) is 22.6. The Morgan fingerprint density at radius 2 is 2.05 bits per heavy atom. The average molecular weight is 276 g/mol. The molecule has 1 fully saturated rings. The number of amides is 1. The van der Waals surface area contributed by atoms with Crippen molar-refractivity contribution in [3.63, 3.8) is 0 Å². The first-order chi connectivity index (χ1) is 9.56. The third kappa shape index (κ3) is 3.85. The van der Waals surface area contributed by atoms with Crippen LogP contribution in [-0.2, 0) is 4.79 Å². The predicted molar refractivity (Wildman–Crippen MR) is 81.3 cm³/mol. The molecule has 0 unspecified atom stereocenters. The van der Waals surface area contributed by atoms with Crippen molar-refractivity contribution < 1.29 is 4.79 Å². The largest absolute Gasteiger partial charge is 0.396 e. The van der Waals surface area contributed by atoms with E-state index in [-0.39, 0.29) is 17.9 Å². The first-order valence-electron chi connectivity index (χ1n) is 7.32. The lowest BCUT2D eigenvalue weighted by atomic mass is 9.85. The molecule has 1 aliphatic rings. The zero-order valence-corrected chi connectivity index (χ0v) is 12.2. The molecule has 110 valence electrons. The molecule has 5 nitrogen and oxygen atoms in total.